The molecule has 2 heterocycles. The Morgan fingerprint density at radius 2 is 2.19 bits per heavy atom. The predicted octanol–water partition coefficient (Wildman–Crippen LogP) is 0.772. The maximum absolute atomic E-state index is 12.2. The molecule has 0 saturated carbocycles. The van der Waals surface area contributed by atoms with Gasteiger partial charge in [-0.05, 0) is 25.1 Å². The number of nitrogens with one attached hydrogen (secondary N) is 1. The van der Waals surface area contributed by atoms with Crippen LogP contribution in [0.4, 0.5) is 0 Å². The van der Waals surface area contributed by atoms with Crippen molar-refractivity contribution in [3.8, 4) is 11.8 Å². The standard InChI is InChI=1S/C14H15N3O3S/c1-11-4-5-13(20-11)9-17-21(18,19)14-7-12(3-2-6-15)8-16-10-14/h4-5,7-8,10,17H,6,9,15H2,1H3. The summed E-state index contributed by atoms with van der Waals surface area (Å²) >= 11 is 0. The second-order valence-corrected chi connectivity index (χ2v) is 6.02. The lowest BCUT2D eigenvalue weighted by molar-refractivity contribution is 0.475. The molecule has 0 unspecified atom stereocenters. The molecule has 2 aromatic heterocycles. The first kappa shape index (κ1) is 15.3. The van der Waals surface area contributed by atoms with Gasteiger partial charge in [0.1, 0.15) is 16.4 Å². The Hall–Kier alpha value is -2.14. The van der Waals surface area contributed by atoms with E-state index in [0.717, 1.165) is 5.76 Å². The van der Waals surface area contributed by atoms with Gasteiger partial charge in [-0.15, -0.1) is 0 Å². The first-order valence-electron chi connectivity index (χ1n) is 6.20. The molecular weight excluding hydrogens is 290 g/mol. The van der Waals surface area contributed by atoms with Gasteiger partial charge in [0.2, 0.25) is 10.0 Å². The van der Waals surface area contributed by atoms with Crippen molar-refractivity contribution in [1.82, 2.24) is 9.71 Å². The summed E-state index contributed by atoms with van der Waals surface area (Å²) in [4.78, 5) is 3.93. The summed E-state index contributed by atoms with van der Waals surface area (Å²) in [7, 11) is -3.67. The molecule has 0 saturated heterocycles. The van der Waals surface area contributed by atoms with Crippen molar-refractivity contribution in [2.24, 2.45) is 5.73 Å². The van der Waals surface area contributed by atoms with Gasteiger partial charge in [-0.3, -0.25) is 4.98 Å². The van der Waals surface area contributed by atoms with Crippen LogP contribution < -0.4 is 10.5 Å². The zero-order valence-corrected chi connectivity index (χ0v) is 12.3. The third-order valence-corrected chi connectivity index (χ3v) is 3.96. The molecule has 0 amide bonds. The average molecular weight is 305 g/mol. The van der Waals surface area contributed by atoms with E-state index in [4.69, 9.17) is 10.2 Å². The summed E-state index contributed by atoms with van der Waals surface area (Å²) in [5.74, 6) is 6.67. The molecule has 6 nitrogen and oxygen atoms in total. The van der Waals surface area contributed by atoms with E-state index in [1.54, 1.807) is 19.1 Å². The van der Waals surface area contributed by atoms with Gasteiger partial charge < -0.3 is 10.2 Å². The fourth-order valence-corrected chi connectivity index (χ4v) is 2.60. The number of nitrogens with two attached hydrogens (primary N) is 1. The van der Waals surface area contributed by atoms with Gasteiger partial charge in [-0.1, -0.05) is 11.8 Å². The minimum absolute atomic E-state index is 0.0506. The highest BCUT2D eigenvalue weighted by Gasteiger charge is 2.15. The van der Waals surface area contributed by atoms with Crippen molar-refractivity contribution in [3.63, 3.8) is 0 Å². The van der Waals surface area contributed by atoms with Gasteiger partial charge in [0.15, 0.2) is 0 Å². The summed E-state index contributed by atoms with van der Waals surface area (Å²) in [6, 6.07) is 4.94. The molecule has 0 aromatic carbocycles. The SMILES string of the molecule is Cc1ccc(CNS(=O)(=O)c2cncc(C#CCN)c2)o1. The van der Waals surface area contributed by atoms with Crippen LogP contribution in [0.2, 0.25) is 0 Å². The lowest BCUT2D eigenvalue weighted by Crippen LogP contribution is -2.23. The smallest absolute Gasteiger partial charge is 0.242 e. The van der Waals surface area contributed by atoms with Gasteiger partial charge in [0, 0.05) is 18.0 Å². The second kappa shape index (κ2) is 6.54. The molecule has 21 heavy (non-hydrogen) atoms. The minimum atomic E-state index is -3.67. The quantitative estimate of drug-likeness (QED) is 0.813. The van der Waals surface area contributed by atoms with Crippen LogP contribution in [0.5, 0.6) is 0 Å². The summed E-state index contributed by atoms with van der Waals surface area (Å²) < 4.78 is 32.1. The summed E-state index contributed by atoms with van der Waals surface area (Å²) in [5, 5.41) is 0. The first-order valence-corrected chi connectivity index (χ1v) is 7.68. The molecule has 0 bridgehead atoms. The zero-order chi connectivity index (χ0) is 15.3. The number of sulfonamides is 1. The molecule has 0 spiro atoms. The molecule has 0 aliphatic carbocycles. The van der Waals surface area contributed by atoms with Crippen LogP contribution >= 0.6 is 0 Å². The number of aromatic nitrogens is 1. The largest absolute Gasteiger partial charge is 0.465 e. The molecule has 3 N–H and O–H groups in total. The van der Waals surface area contributed by atoms with E-state index in [1.807, 2.05) is 0 Å². The van der Waals surface area contributed by atoms with Crippen LogP contribution in [0, 0.1) is 18.8 Å². The van der Waals surface area contributed by atoms with Gasteiger partial charge in [-0.25, -0.2) is 13.1 Å². The molecule has 0 fully saturated rings. The van der Waals surface area contributed by atoms with Gasteiger partial charge in [0.05, 0.1) is 13.1 Å². The predicted molar refractivity (Wildman–Crippen MR) is 77.6 cm³/mol. The highest BCUT2D eigenvalue weighted by atomic mass is 32.2. The molecule has 0 aliphatic rings. The third kappa shape index (κ3) is 4.16. The average Bonchev–Trinajstić information content (AvgIpc) is 2.89. The molecule has 0 atom stereocenters. The first-order chi connectivity index (χ1) is 10.0. The number of hydrogen-bond donors (Lipinski definition) is 2. The second-order valence-electron chi connectivity index (χ2n) is 4.25. The van der Waals surface area contributed by atoms with Crippen molar-refractivity contribution in [2.45, 2.75) is 18.4 Å². The van der Waals surface area contributed by atoms with Crippen LogP contribution in [0.25, 0.3) is 0 Å². The van der Waals surface area contributed by atoms with Crippen LogP contribution in [-0.4, -0.2) is 19.9 Å². The number of pyridine rings is 1. The monoisotopic (exact) mass is 305 g/mol. The summed E-state index contributed by atoms with van der Waals surface area (Å²) in [6.45, 7) is 2.07. The lowest BCUT2D eigenvalue weighted by Gasteiger charge is -2.05. The fourth-order valence-electron chi connectivity index (χ4n) is 1.62. The van der Waals surface area contributed by atoms with Crippen molar-refractivity contribution >= 4 is 10.0 Å². The molecular formula is C14H15N3O3S. The molecule has 7 heteroatoms. The van der Waals surface area contributed by atoms with Crippen LogP contribution in [-0.2, 0) is 16.6 Å². The highest BCUT2D eigenvalue weighted by Crippen LogP contribution is 2.11. The topological polar surface area (TPSA) is 98.2 Å². The maximum Gasteiger partial charge on any atom is 0.242 e. The Labute approximate surface area is 123 Å². The third-order valence-electron chi connectivity index (χ3n) is 2.59. The van der Waals surface area contributed by atoms with Crippen molar-refractivity contribution in [1.29, 1.82) is 0 Å². The zero-order valence-electron chi connectivity index (χ0n) is 11.5. The Balaban J connectivity index is 2.15. The fraction of sp³-hybridized carbons (Fsp3) is 0.214. The molecule has 0 aliphatic heterocycles. The van der Waals surface area contributed by atoms with E-state index < -0.39 is 10.0 Å². The van der Waals surface area contributed by atoms with Gasteiger partial charge >= 0.3 is 0 Å². The van der Waals surface area contributed by atoms with Crippen LogP contribution in [0.1, 0.15) is 17.1 Å². The molecule has 2 rings (SSSR count). The normalized spacial score (nSPS) is 11.0. The van der Waals surface area contributed by atoms with Crippen molar-refractivity contribution in [2.75, 3.05) is 6.54 Å². The van der Waals surface area contributed by atoms with E-state index in [1.165, 1.54) is 18.5 Å². The van der Waals surface area contributed by atoms with E-state index in [9.17, 15) is 8.42 Å². The lowest BCUT2D eigenvalue weighted by atomic mass is 10.3. The van der Waals surface area contributed by atoms with Crippen molar-refractivity contribution < 1.29 is 12.8 Å². The number of nitrogens with zero attached hydrogens (tertiary/aromatic N) is 1. The van der Waals surface area contributed by atoms with Gasteiger partial charge in [0.25, 0.3) is 0 Å². The van der Waals surface area contributed by atoms with E-state index >= 15 is 0 Å². The van der Waals surface area contributed by atoms with E-state index in [2.05, 4.69) is 21.5 Å². The maximum atomic E-state index is 12.2. The number of rotatable bonds is 4. The number of aryl methyl sites for hydroxylation is 1. The molecule has 2 aromatic rings. The number of furan rings is 1. The van der Waals surface area contributed by atoms with Crippen LogP contribution in [0.3, 0.4) is 0 Å². The van der Waals surface area contributed by atoms with Crippen LogP contribution in [0.15, 0.2) is 39.9 Å². The Morgan fingerprint density at radius 1 is 1.38 bits per heavy atom. The number of hydrogen-bond acceptors (Lipinski definition) is 5. The van der Waals surface area contributed by atoms with Gasteiger partial charge in [-0.2, -0.15) is 0 Å². The Bertz CT molecular complexity index is 785. The summed E-state index contributed by atoms with van der Waals surface area (Å²) in [6.07, 6.45) is 2.75. The molecule has 0 radical (unpaired) electrons. The van der Waals surface area contributed by atoms with Crippen molar-refractivity contribution in [3.05, 3.63) is 47.7 Å². The van der Waals surface area contributed by atoms with E-state index in [0.29, 0.717) is 11.3 Å². The molecule has 110 valence electrons. The Morgan fingerprint density at radius 3 is 2.86 bits per heavy atom. The highest BCUT2D eigenvalue weighted by molar-refractivity contribution is 7.89. The van der Waals surface area contributed by atoms with E-state index in [-0.39, 0.29) is 18.0 Å². The Kier molecular flexibility index (Phi) is 4.75. The summed E-state index contributed by atoms with van der Waals surface area (Å²) in [5.41, 5.74) is 5.78. The minimum Gasteiger partial charge on any atom is -0.465 e.